The van der Waals surface area contributed by atoms with Crippen LogP contribution in [-0.4, -0.2) is 34.0 Å². The maximum absolute atomic E-state index is 12.3. The number of nitro benzene ring substituents is 1. The monoisotopic (exact) mass is 362 g/mol. The Labute approximate surface area is 146 Å². The lowest BCUT2D eigenvalue weighted by Gasteiger charge is -2.15. The second-order valence-corrected chi connectivity index (χ2v) is 4.97. The highest BCUT2D eigenvalue weighted by atomic mass is 16.6. The third-order valence-corrected chi connectivity index (χ3v) is 3.25. The molecule has 2 aromatic rings. The van der Waals surface area contributed by atoms with Crippen LogP contribution >= 0.6 is 0 Å². The van der Waals surface area contributed by atoms with Gasteiger partial charge in [0.05, 0.1) is 17.7 Å². The van der Waals surface area contributed by atoms with Crippen LogP contribution in [0.3, 0.4) is 0 Å². The number of non-ortho nitro benzene ring substituents is 1. The minimum atomic E-state index is -1.14. The Hall–Kier alpha value is -3.76. The molecule has 1 aromatic carbocycles. The number of nitrogens with zero attached hydrogens (tertiary/aromatic N) is 3. The minimum Gasteiger partial charge on any atom is -0.495 e. The van der Waals surface area contributed by atoms with Crippen LogP contribution in [0.5, 0.6) is 11.5 Å². The third kappa shape index (κ3) is 4.20. The van der Waals surface area contributed by atoms with E-state index in [1.165, 1.54) is 44.5 Å². The topological polar surface area (TPSA) is 147 Å². The number of anilines is 1. The van der Waals surface area contributed by atoms with Crippen molar-refractivity contribution in [3.63, 3.8) is 0 Å². The Morgan fingerprint density at radius 2 is 1.92 bits per heavy atom. The number of benzene rings is 1. The fraction of sp³-hybridized carbons (Fsp3) is 0.200. The summed E-state index contributed by atoms with van der Waals surface area (Å²) in [5.41, 5.74) is -0.166. The van der Waals surface area contributed by atoms with Crippen molar-refractivity contribution in [2.24, 2.45) is 0 Å². The largest absolute Gasteiger partial charge is 0.495 e. The Bertz CT molecular complexity index is 856. The number of hydrogen-bond donors (Lipinski definition) is 1. The quantitative estimate of drug-likeness (QED) is 0.583. The lowest BCUT2D eigenvalue weighted by molar-refractivity contribution is -0.390. The van der Waals surface area contributed by atoms with Crippen LogP contribution in [0.15, 0.2) is 36.5 Å². The highest BCUT2D eigenvalue weighted by molar-refractivity contribution is 5.95. The predicted molar refractivity (Wildman–Crippen MR) is 89.3 cm³/mol. The number of nitrogens with one attached hydrogen (secondary N) is 1. The lowest BCUT2D eigenvalue weighted by atomic mass is 10.2. The summed E-state index contributed by atoms with van der Waals surface area (Å²) < 4.78 is 10.4. The highest BCUT2D eigenvalue weighted by Gasteiger charge is 2.23. The van der Waals surface area contributed by atoms with Crippen LogP contribution < -0.4 is 14.8 Å². The van der Waals surface area contributed by atoms with Gasteiger partial charge >= 0.3 is 5.82 Å². The summed E-state index contributed by atoms with van der Waals surface area (Å²) in [5, 5.41) is 24.2. The Kier molecular flexibility index (Phi) is 5.63. The van der Waals surface area contributed by atoms with Gasteiger partial charge in [0, 0.05) is 12.1 Å². The van der Waals surface area contributed by atoms with Gasteiger partial charge in [-0.05, 0) is 35.0 Å². The Balaban J connectivity index is 2.19. The average molecular weight is 362 g/mol. The zero-order valence-electron chi connectivity index (χ0n) is 13.7. The van der Waals surface area contributed by atoms with Crippen LogP contribution in [-0.2, 0) is 4.79 Å². The fourth-order valence-electron chi connectivity index (χ4n) is 2.00. The normalized spacial score (nSPS) is 11.3. The van der Waals surface area contributed by atoms with E-state index in [1.54, 1.807) is 0 Å². The van der Waals surface area contributed by atoms with Crippen molar-refractivity contribution in [3.8, 4) is 11.5 Å². The van der Waals surface area contributed by atoms with E-state index < -0.39 is 27.7 Å². The highest BCUT2D eigenvalue weighted by Crippen LogP contribution is 2.29. The van der Waals surface area contributed by atoms with Gasteiger partial charge < -0.3 is 24.9 Å². The number of carbonyl (C=O) groups is 1. The molecule has 0 fully saturated rings. The first-order valence-corrected chi connectivity index (χ1v) is 7.23. The van der Waals surface area contributed by atoms with Crippen molar-refractivity contribution >= 4 is 23.1 Å². The summed E-state index contributed by atoms with van der Waals surface area (Å²) in [6, 6.07) is 6.44. The van der Waals surface area contributed by atoms with E-state index in [2.05, 4.69) is 10.3 Å². The molecule has 0 bridgehead atoms. The van der Waals surface area contributed by atoms with Gasteiger partial charge in [-0.3, -0.25) is 14.9 Å². The molecule has 2 rings (SSSR count). The molecular weight excluding hydrogens is 348 g/mol. The summed E-state index contributed by atoms with van der Waals surface area (Å²) in [6.45, 7) is 1.37. The van der Waals surface area contributed by atoms with E-state index in [-0.39, 0.29) is 22.9 Å². The van der Waals surface area contributed by atoms with E-state index >= 15 is 0 Å². The smallest absolute Gasteiger partial charge is 0.406 e. The molecular formula is C15H14N4O7. The molecule has 0 radical (unpaired) electrons. The number of methoxy groups -OCH3 is 1. The van der Waals surface area contributed by atoms with E-state index in [0.29, 0.717) is 0 Å². The predicted octanol–water partition coefficient (Wildman–Crippen LogP) is 2.31. The number of aromatic nitrogens is 1. The second-order valence-electron chi connectivity index (χ2n) is 4.97. The molecule has 0 unspecified atom stereocenters. The van der Waals surface area contributed by atoms with Gasteiger partial charge in [0.25, 0.3) is 11.6 Å². The Morgan fingerprint density at radius 1 is 1.19 bits per heavy atom. The van der Waals surface area contributed by atoms with Gasteiger partial charge in [-0.1, -0.05) is 0 Å². The minimum absolute atomic E-state index is 0.0721. The van der Waals surface area contributed by atoms with Crippen molar-refractivity contribution in [2.75, 3.05) is 12.4 Å². The molecule has 11 nitrogen and oxygen atoms in total. The molecule has 0 saturated carbocycles. The Morgan fingerprint density at radius 3 is 2.54 bits per heavy atom. The van der Waals surface area contributed by atoms with Gasteiger partial charge in [0.2, 0.25) is 5.75 Å². The maximum atomic E-state index is 12.3. The maximum Gasteiger partial charge on any atom is 0.406 e. The number of amides is 1. The molecule has 0 aliphatic rings. The van der Waals surface area contributed by atoms with E-state index in [1.807, 2.05) is 0 Å². The molecule has 1 amide bonds. The van der Waals surface area contributed by atoms with Crippen molar-refractivity contribution in [3.05, 3.63) is 56.8 Å². The summed E-state index contributed by atoms with van der Waals surface area (Å²) in [4.78, 5) is 36.3. The van der Waals surface area contributed by atoms with E-state index in [0.717, 1.165) is 6.07 Å². The van der Waals surface area contributed by atoms with Gasteiger partial charge in [-0.15, -0.1) is 0 Å². The van der Waals surface area contributed by atoms with E-state index in [4.69, 9.17) is 9.47 Å². The number of pyridine rings is 1. The molecule has 1 N–H and O–H groups in total. The van der Waals surface area contributed by atoms with Gasteiger partial charge in [-0.2, -0.15) is 0 Å². The molecule has 11 heteroatoms. The summed E-state index contributed by atoms with van der Waals surface area (Å²) >= 11 is 0. The van der Waals surface area contributed by atoms with Crippen LogP contribution in [0.25, 0.3) is 0 Å². The first-order valence-electron chi connectivity index (χ1n) is 7.23. The third-order valence-electron chi connectivity index (χ3n) is 3.25. The van der Waals surface area contributed by atoms with Gasteiger partial charge in [-0.25, -0.2) is 0 Å². The van der Waals surface area contributed by atoms with Crippen molar-refractivity contribution in [2.45, 2.75) is 13.0 Å². The first kappa shape index (κ1) is 18.6. The summed E-state index contributed by atoms with van der Waals surface area (Å²) in [6.07, 6.45) is 0.0887. The van der Waals surface area contributed by atoms with Crippen molar-refractivity contribution in [1.82, 2.24) is 4.98 Å². The summed E-state index contributed by atoms with van der Waals surface area (Å²) in [7, 11) is 1.34. The molecule has 1 heterocycles. The number of rotatable bonds is 7. The first-order chi connectivity index (χ1) is 12.3. The molecule has 0 spiro atoms. The summed E-state index contributed by atoms with van der Waals surface area (Å²) in [5.74, 6) is -1.17. The fourth-order valence-corrected chi connectivity index (χ4v) is 2.00. The molecule has 1 aromatic heterocycles. The molecule has 26 heavy (non-hydrogen) atoms. The number of carbonyl (C=O) groups excluding carboxylic acids is 1. The molecule has 136 valence electrons. The van der Waals surface area contributed by atoms with Crippen molar-refractivity contribution in [1.29, 1.82) is 0 Å². The van der Waals surface area contributed by atoms with Crippen LogP contribution in [0.4, 0.5) is 17.2 Å². The lowest BCUT2D eigenvalue weighted by Crippen LogP contribution is -2.30. The van der Waals surface area contributed by atoms with E-state index in [9.17, 15) is 25.0 Å². The number of nitro groups is 2. The van der Waals surface area contributed by atoms with Crippen molar-refractivity contribution < 1.29 is 24.1 Å². The van der Waals surface area contributed by atoms with Gasteiger partial charge in [0.15, 0.2) is 6.10 Å². The second kappa shape index (κ2) is 7.88. The zero-order chi connectivity index (χ0) is 19.3. The SMILES string of the molecule is COc1ccc([N+](=O)[O-])cc1NC(=O)[C@H](C)Oc1cccnc1[N+](=O)[O-]. The van der Waals surface area contributed by atoms with Crippen LogP contribution in [0.2, 0.25) is 0 Å². The van der Waals surface area contributed by atoms with Crippen LogP contribution in [0.1, 0.15) is 6.92 Å². The van der Waals surface area contributed by atoms with Crippen LogP contribution in [0, 0.1) is 20.2 Å². The molecule has 0 aliphatic carbocycles. The molecule has 0 saturated heterocycles. The number of hydrogen-bond acceptors (Lipinski definition) is 8. The zero-order valence-corrected chi connectivity index (χ0v) is 13.7. The molecule has 0 aliphatic heterocycles. The average Bonchev–Trinajstić information content (AvgIpc) is 2.61. The molecule has 1 atom stereocenters. The van der Waals surface area contributed by atoms with Gasteiger partial charge in [0.1, 0.15) is 11.9 Å². The number of ether oxygens (including phenoxy) is 2. The standard InChI is InChI=1S/C15H14N4O7/c1-9(26-13-4-3-7-16-14(13)19(23)24)15(20)17-11-8-10(18(21)22)5-6-12(11)25-2/h3-9H,1-2H3,(H,17,20)/t9-/m0/s1.